The maximum Gasteiger partial charge on any atom is 0.220 e. The predicted molar refractivity (Wildman–Crippen MR) is 74.8 cm³/mol. The zero-order chi connectivity index (χ0) is 13.8. The molecule has 1 aromatic carbocycles. The Morgan fingerprint density at radius 1 is 1.37 bits per heavy atom. The Morgan fingerprint density at radius 3 is 2.47 bits per heavy atom. The van der Waals surface area contributed by atoms with Crippen molar-refractivity contribution in [3.05, 3.63) is 34.9 Å². The number of nitrogens with two attached hydrogens (primary N) is 1. The van der Waals surface area contributed by atoms with Crippen LogP contribution in [-0.2, 0) is 4.79 Å². The third kappa shape index (κ3) is 3.93. The third-order valence-electron chi connectivity index (χ3n) is 3.68. The molecule has 0 aromatic heterocycles. The van der Waals surface area contributed by atoms with E-state index < -0.39 is 6.10 Å². The summed E-state index contributed by atoms with van der Waals surface area (Å²) < 4.78 is 0. The number of primary amides is 1. The predicted octanol–water partition coefficient (Wildman–Crippen LogP) is 1.57. The average molecular weight is 283 g/mol. The fraction of sp³-hybridized carbons (Fsp3) is 0.500. The van der Waals surface area contributed by atoms with Crippen LogP contribution < -0.4 is 5.73 Å². The molecular weight excluding hydrogens is 264 g/mol. The van der Waals surface area contributed by atoms with Gasteiger partial charge in [-0.2, -0.15) is 0 Å². The van der Waals surface area contributed by atoms with Crippen LogP contribution in [0.25, 0.3) is 0 Å². The second-order valence-electron chi connectivity index (χ2n) is 5.04. The van der Waals surface area contributed by atoms with E-state index in [1.165, 1.54) is 0 Å². The molecule has 19 heavy (non-hydrogen) atoms. The molecule has 3 N–H and O–H groups in total. The molecule has 1 saturated heterocycles. The van der Waals surface area contributed by atoms with Crippen molar-refractivity contribution in [3.8, 4) is 0 Å². The number of halogens is 1. The molecule has 4 nitrogen and oxygen atoms in total. The van der Waals surface area contributed by atoms with Gasteiger partial charge in [0.25, 0.3) is 0 Å². The number of hydrogen-bond donors (Lipinski definition) is 2. The lowest BCUT2D eigenvalue weighted by Gasteiger charge is -2.31. The van der Waals surface area contributed by atoms with Crippen LogP contribution in [-0.4, -0.2) is 35.5 Å². The number of aliphatic hydroxyl groups excluding tert-OH is 1. The Bertz CT molecular complexity index is 428. The van der Waals surface area contributed by atoms with E-state index in [-0.39, 0.29) is 11.8 Å². The molecule has 0 bridgehead atoms. The first-order valence-electron chi connectivity index (χ1n) is 6.51. The van der Waals surface area contributed by atoms with Crippen LogP contribution in [0.5, 0.6) is 0 Å². The Labute approximate surface area is 118 Å². The average Bonchev–Trinajstić information content (AvgIpc) is 2.40. The number of amides is 1. The van der Waals surface area contributed by atoms with Crippen LogP contribution in [0.3, 0.4) is 0 Å². The van der Waals surface area contributed by atoms with E-state index in [4.69, 9.17) is 17.3 Å². The fourth-order valence-electron chi connectivity index (χ4n) is 2.43. The molecule has 1 aliphatic heterocycles. The molecule has 0 unspecified atom stereocenters. The van der Waals surface area contributed by atoms with Gasteiger partial charge >= 0.3 is 0 Å². The van der Waals surface area contributed by atoms with Gasteiger partial charge < -0.3 is 15.7 Å². The summed E-state index contributed by atoms with van der Waals surface area (Å²) in [5.41, 5.74) is 6.16. The lowest BCUT2D eigenvalue weighted by atomic mass is 9.96. The van der Waals surface area contributed by atoms with Crippen LogP contribution in [0.15, 0.2) is 24.3 Å². The summed E-state index contributed by atoms with van der Waals surface area (Å²) in [6.45, 7) is 2.18. The lowest BCUT2D eigenvalue weighted by Crippen LogP contribution is -2.40. The number of likely N-dealkylation sites (tertiary alicyclic amines) is 1. The normalized spacial score (nSPS) is 19.3. The van der Waals surface area contributed by atoms with Crippen molar-refractivity contribution < 1.29 is 9.90 Å². The van der Waals surface area contributed by atoms with E-state index >= 15 is 0 Å². The van der Waals surface area contributed by atoms with Gasteiger partial charge in [-0.05, 0) is 43.6 Å². The molecule has 1 aromatic rings. The van der Waals surface area contributed by atoms with Crippen LogP contribution in [0, 0.1) is 5.92 Å². The van der Waals surface area contributed by atoms with Gasteiger partial charge in [-0.1, -0.05) is 23.7 Å². The molecule has 0 saturated carbocycles. The quantitative estimate of drug-likeness (QED) is 0.881. The second-order valence-corrected chi connectivity index (χ2v) is 5.48. The van der Waals surface area contributed by atoms with Crippen molar-refractivity contribution in [2.45, 2.75) is 18.9 Å². The third-order valence-corrected chi connectivity index (χ3v) is 3.93. The number of carbonyl (C=O) groups is 1. The van der Waals surface area contributed by atoms with Gasteiger partial charge in [-0.3, -0.25) is 4.79 Å². The molecule has 1 heterocycles. The Morgan fingerprint density at radius 2 is 1.95 bits per heavy atom. The standard InChI is InChI=1S/C14H19ClN2O2/c15-12-3-1-10(2-4-12)13(18)9-17-7-5-11(6-8-17)14(16)19/h1-4,11,13,18H,5-9H2,(H2,16,19)/t13-/m0/s1. The van der Waals surface area contributed by atoms with Gasteiger partial charge in [0.1, 0.15) is 0 Å². The SMILES string of the molecule is NC(=O)C1CCN(C[C@H](O)c2ccc(Cl)cc2)CC1. The number of rotatable bonds is 4. The number of piperidine rings is 1. The summed E-state index contributed by atoms with van der Waals surface area (Å²) in [6, 6.07) is 7.23. The van der Waals surface area contributed by atoms with Gasteiger partial charge in [-0.15, -0.1) is 0 Å². The van der Waals surface area contributed by atoms with Gasteiger partial charge in [0, 0.05) is 17.5 Å². The summed E-state index contributed by atoms with van der Waals surface area (Å²) in [4.78, 5) is 13.2. The Balaban J connectivity index is 1.85. The van der Waals surface area contributed by atoms with E-state index in [0.717, 1.165) is 31.5 Å². The molecule has 1 aliphatic rings. The highest BCUT2D eigenvalue weighted by molar-refractivity contribution is 6.30. The maximum absolute atomic E-state index is 11.1. The molecule has 2 rings (SSSR count). The summed E-state index contributed by atoms with van der Waals surface area (Å²) >= 11 is 5.82. The van der Waals surface area contributed by atoms with Crippen molar-refractivity contribution in [1.82, 2.24) is 4.90 Å². The zero-order valence-electron chi connectivity index (χ0n) is 10.8. The molecule has 1 fully saturated rings. The van der Waals surface area contributed by atoms with Gasteiger partial charge in [0.05, 0.1) is 6.10 Å². The summed E-state index contributed by atoms with van der Waals surface area (Å²) in [5.74, 6) is -0.221. The van der Waals surface area contributed by atoms with Crippen molar-refractivity contribution in [2.24, 2.45) is 11.7 Å². The fourth-order valence-corrected chi connectivity index (χ4v) is 2.56. The number of benzene rings is 1. The zero-order valence-corrected chi connectivity index (χ0v) is 11.5. The number of aliphatic hydroxyl groups is 1. The van der Waals surface area contributed by atoms with E-state index in [0.29, 0.717) is 11.6 Å². The number of nitrogens with zero attached hydrogens (tertiary/aromatic N) is 1. The van der Waals surface area contributed by atoms with E-state index in [1.54, 1.807) is 12.1 Å². The molecule has 1 atom stereocenters. The van der Waals surface area contributed by atoms with E-state index in [1.807, 2.05) is 12.1 Å². The number of hydrogen-bond acceptors (Lipinski definition) is 3. The summed E-state index contributed by atoms with van der Waals surface area (Å²) in [7, 11) is 0. The first-order chi connectivity index (χ1) is 9.06. The number of carbonyl (C=O) groups excluding carboxylic acids is 1. The Hall–Kier alpha value is -1.10. The molecule has 0 radical (unpaired) electrons. The highest BCUT2D eigenvalue weighted by Gasteiger charge is 2.24. The molecule has 0 spiro atoms. The smallest absolute Gasteiger partial charge is 0.220 e. The summed E-state index contributed by atoms with van der Waals surface area (Å²) in [5, 5.41) is 10.8. The molecule has 1 amide bonds. The van der Waals surface area contributed by atoms with Crippen molar-refractivity contribution >= 4 is 17.5 Å². The Kier molecular flexibility index (Phi) is 4.80. The van der Waals surface area contributed by atoms with E-state index in [2.05, 4.69) is 4.90 Å². The first-order valence-corrected chi connectivity index (χ1v) is 6.89. The summed E-state index contributed by atoms with van der Waals surface area (Å²) in [6.07, 6.45) is 1.04. The van der Waals surface area contributed by atoms with Gasteiger partial charge in [-0.25, -0.2) is 0 Å². The molecule has 5 heteroatoms. The minimum Gasteiger partial charge on any atom is -0.387 e. The minimum atomic E-state index is -0.526. The lowest BCUT2D eigenvalue weighted by molar-refractivity contribution is -0.123. The highest BCUT2D eigenvalue weighted by atomic mass is 35.5. The highest BCUT2D eigenvalue weighted by Crippen LogP contribution is 2.21. The van der Waals surface area contributed by atoms with Crippen LogP contribution in [0.1, 0.15) is 24.5 Å². The molecule has 0 aliphatic carbocycles. The van der Waals surface area contributed by atoms with Gasteiger partial charge in [0.2, 0.25) is 5.91 Å². The molecular formula is C14H19ClN2O2. The van der Waals surface area contributed by atoms with Crippen molar-refractivity contribution in [3.63, 3.8) is 0 Å². The van der Waals surface area contributed by atoms with Crippen molar-refractivity contribution in [1.29, 1.82) is 0 Å². The first kappa shape index (κ1) is 14.3. The monoisotopic (exact) mass is 282 g/mol. The minimum absolute atomic E-state index is 0.0103. The second kappa shape index (κ2) is 6.37. The maximum atomic E-state index is 11.1. The number of β-amino-alcohol motifs (C(OH)–C–C–N with tert-alkyl or cyclic N) is 1. The van der Waals surface area contributed by atoms with Crippen LogP contribution in [0.4, 0.5) is 0 Å². The van der Waals surface area contributed by atoms with Crippen LogP contribution in [0.2, 0.25) is 5.02 Å². The van der Waals surface area contributed by atoms with Gasteiger partial charge in [0.15, 0.2) is 0 Å². The van der Waals surface area contributed by atoms with Crippen molar-refractivity contribution in [2.75, 3.05) is 19.6 Å². The van der Waals surface area contributed by atoms with Crippen LogP contribution >= 0.6 is 11.6 Å². The largest absolute Gasteiger partial charge is 0.387 e. The topological polar surface area (TPSA) is 66.6 Å². The molecule has 104 valence electrons. The van der Waals surface area contributed by atoms with E-state index in [9.17, 15) is 9.90 Å².